The number of nitrogens with zero attached hydrogens (tertiary/aromatic N) is 2. The molecule has 2 heterocycles. The van der Waals surface area contributed by atoms with Gasteiger partial charge in [-0.25, -0.2) is 4.98 Å². The summed E-state index contributed by atoms with van der Waals surface area (Å²) in [5, 5.41) is 2.45. The highest BCUT2D eigenvalue weighted by molar-refractivity contribution is 5.95. The largest absolute Gasteiger partial charge is 0.401 e. The molecule has 1 saturated heterocycles. The van der Waals surface area contributed by atoms with Gasteiger partial charge in [0.2, 0.25) is 5.91 Å². The van der Waals surface area contributed by atoms with Gasteiger partial charge in [0, 0.05) is 6.54 Å². The van der Waals surface area contributed by atoms with Crippen molar-refractivity contribution in [3.05, 3.63) is 24.0 Å². The van der Waals surface area contributed by atoms with E-state index in [-0.39, 0.29) is 31.1 Å². The van der Waals surface area contributed by atoms with E-state index in [0.29, 0.717) is 0 Å². The Morgan fingerprint density at radius 3 is 2.74 bits per heavy atom. The van der Waals surface area contributed by atoms with Crippen molar-refractivity contribution in [2.45, 2.75) is 12.2 Å². The molecular formula is C13H15F3N4O3. The number of rotatable bonds is 4. The minimum atomic E-state index is -4.40. The summed E-state index contributed by atoms with van der Waals surface area (Å²) in [5.41, 5.74) is 5.30. The van der Waals surface area contributed by atoms with Crippen molar-refractivity contribution in [1.82, 2.24) is 9.88 Å². The lowest BCUT2D eigenvalue weighted by molar-refractivity contribution is -0.165. The number of nitrogens with two attached hydrogens (primary N) is 1. The van der Waals surface area contributed by atoms with Crippen LogP contribution in [0.3, 0.4) is 0 Å². The van der Waals surface area contributed by atoms with E-state index in [1.807, 2.05) is 0 Å². The monoisotopic (exact) mass is 332 g/mol. The maximum Gasteiger partial charge on any atom is 0.401 e. The number of ether oxygens (including phenoxy) is 1. The first-order chi connectivity index (χ1) is 10.8. The van der Waals surface area contributed by atoms with Crippen LogP contribution in [0, 0.1) is 0 Å². The molecule has 2 amide bonds. The van der Waals surface area contributed by atoms with Gasteiger partial charge in [0.05, 0.1) is 31.6 Å². The maximum atomic E-state index is 12.6. The number of alkyl halides is 3. The van der Waals surface area contributed by atoms with E-state index < -0.39 is 30.6 Å². The molecule has 1 aromatic rings. The Kier molecular flexibility index (Phi) is 5.16. The van der Waals surface area contributed by atoms with Gasteiger partial charge in [-0.1, -0.05) is 0 Å². The average molecular weight is 332 g/mol. The molecule has 1 atom stereocenters. The van der Waals surface area contributed by atoms with Gasteiger partial charge in [-0.2, -0.15) is 13.2 Å². The predicted molar refractivity (Wildman–Crippen MR) is 73.6 cm³/mol. The van der Waals surface area contributed by atoms with Crippen LogP contribution in [0.25, 0.3) is 0 Å². The van der Waals surface area contributed by atoms with Crippen LogP contribution in [0.15, 0.2) is 18.3 Å². The highest BCUT2D eigenvalue weighted by Gasteiger charge is 2.38. The lowest BCUT2D eigenvalue weighted by Crippen LogP contribution is -2.54. The SMILES string of the molecule is NC(=O)c1ccc(NC(=O)C2COCCN2CC(F)(F)F)cn1. The van der Waals surface area contributed by atoms with Gasteiger partial charge in [-0.05, 0) is 12.1 Å². The van der Waals surface area contributed by atoms with Crippen LogP contribution >= 0.6 is 0 Å². The smallest absolute Gasteiger partial charge is 0.378 e. The van der Waals surface area contributed by atoms with E-state index in [1.165, 1.54) is 18.3 Å². The molecule has 0 bridgehead atoms. The zero-order chi connectivity index (χ0) is 17.0. The molecule has 1 unspecified atom stereocenters. The second-order valence-electron chi connectivity index (χ2n) is 4.96. The van der Waals surface area contributed by atoms with E-state index in [4.69, 9.17) is 10.5 Å². The number of carbonyl (C=O) groups excluding carboxylic acids is 2. The molecular weight excluding hydrogens is 317 g/mol. The lowest BCUT2D eigenvalue weighted by Gasteiger charge is -2.34. The topological polar surface area (TPSA) is 97.5 Å². The highest BCUT2D eigenvalue weighted by Crippen LogP contribution is 2.20. The van der Waals surface area contributed by atoms with Crippen molar-refractivity contribution in [2.75, 3.05) is 31.6 Å². The molecule has 0 radical (unpaired) electrons. The molecule has 126 valence electrons. The second-order valence-corrected chi connectivity index (χ2v) is 4.96. The third-order valence-electron chi connectivity index (χ3n) is 3.21. The van der Waals surface area contributed by atoms with Crippen molar-refractivity contribution < 1.29 is 27.5 Å². The molecule has 3 N–H and O–H groups in total. The standard InChI is InChI=1S/C13H15F3N4O3/c14-13(15,16)7-20-3-4-23-6-10(20)12(22)19-8-1-2-9(11(17)21)18-5-8/h1-2,5,10H,3-4,6-7H2,(H2,17,21)(H,19,22). The highest BCUT2D eigenvalue weighted by atomic mass is 19.4. The maximum absolute atomic E-state index is 12.6. The fourth-order valence-corrected chi connectivity index (χ4v) is 2.14. The van der Waals surface area contributed by atoms with Gasteiger partial charge in [-0.3, -0.25) is 14.5 Å². The average Bonchev–Trinajstić information content (AvgIpc) is 2.46. The quantitative estimate of drug-likeness (QED) is 0.831. The van der Waals surface area contributed by atoms with Gasteiger partial charge in [0.1, 0.15) is 11.7 Å². The number of primary amides is 1. The number of morpholine rings is 1. The van der Waals surface area contributed by atoms with Crippen LogP contribution in [0.2, 0.25) is 0 Å². The number of halogens is 3. The Morgan fingerprint density at radius 2 is 2.17 bits per heavy atom. The lowest BCUT2D eigenvalue weighted by atomic mass is 10.2. The van der Waals surface area contributed by atoms with Gasteiger partial charge in [0.15, 0.2) is 0 Å². The number of pyridine rings is 1. The number of amides is 2. The number of anilines is 1. The predicted octanol–water partition coefficient (Wildman–Crippen LogP) is 0.382. The molecule has 1 aromatic heterocycles. The summed E-state index contributed by atoms with van der Waals surface area (Å²) in [5.74, 6) is -1.36. The molecule has 1 aliphatic heterocycles. The fraction of sp³-hybridized carbons (Fsp3) is 0.462. The van der Waals surface area contributed by atoms with Crippen LogP contribution in [0.4, 0.5) is 18.9 Å². The summed E-state index contributed by atoms with van der Waals surface area (Å²) in [6.45, 7) is -1.17. The van der Waals surface area contributed by atoms with Crippen molar-refractivity contribution in [3.8, 4) is 0 Å². The van der Waals surface area contributed by atoms with Crippen LogP contribution < -0.4 is 11.1 Å². The molecule has 1 fully saturated rings. The van der Waals surface area contributed by atoms with Crippen LogP contribution in [0.5, 0.6) is 0 Å². The van der Waals surface area contributed by atoms with E-state index >= 15 is 0 Å². The first kappa shape index (κ1) is 17.2. The molecule has 7 nitrogen and oxygen atoms in total. The van der Waals surface area contributed by atoms with Crippen molar-refractivity contribution in [2.24, 2.45) is 5.73 Å². The Balaban J connectivity index is 2.03. The summed E-state index contributed by atoms with van der Waals surface area (Å²) in [4.78, 5) is 27.8. The summed E-state index contributed by atoms with van der Waals surface area (Å²) in [7, 11) is 0. The first-order valence-corrected chi connectivity index (χ1v) is 6.71. The third kappa shape index (κ3) is 4.89. The summed E-state index contributed by atoms with van der Waals surface area (Å²) >= 11 is 0. The Labute approximate surface area is 129 Å². The third-order valence-corrected chi connectivity index (χ3v) is 3.21. The molecule has 10 heteroatoms. The molecule has 2 rings (SSSR count). The van der Waals surface area contributed by atoms with Crippen LogP contribution in [0.1, 0.15) is 10.5 Å². The normalized spacial score (nSPS) is 19.3. The van der Waals surface area contributed by atoms with Gasteiger partial charge in [-0.15, -0.1) is 0 Å². The first-order valence-electron chi connectivity index (χ1n) is 6.71. The van der Waals surface area contributed by atoms with Crippen molar-refractivity contribution in [1.29, 1.82) is 0 Å². The summed E-state index contributed by atoms with van der Waals surface area (Å²) in [6, 6.07) is 1.65. The Hall–Kier alpha value is -2.20. The van der Waals surface area contributed by atoms with Crippen molar-refractivity contribution in [3.63, 3.8) is 0 Å². The number of carbonyl (C=O) groups is 2. The fourth-order valence-electron chi connectivity index (χ4n) is 2.14. The zero-order valence-corrected chi connectivity index (χ0v) is 12.0. The van der Waals surface area contributed by atoms with Crippen LogP contribution in [-0.2, 0) is 9.53 Å². The number of aromatic nitrogens is 1. The van der Waals surface area contributed by atoms with E-state index in [9.17, 15) is 22.8 Å². The van der Waals surface area contributed by atoms with E-state index in [1.54, 1.807) is 0 Å². The molecule has 1 aliphatic rings. The number of hydrogen-bond acceptors (Lipinski definition) is 5. The Bertz CT molecular complexity index is 577. The van der Waals surface area contributed by atoms with Crippen LogP contribution in [-0.4, -0.2) is 60.2 Å². The van der Waals surface area contributed by atoms with E-state index in [2.05, 4.69) is 10.3 Å². The summed E-state index contributed by atoms with van der Waals surface area (Å²) < 4.78 is 42.8. The van der Waals surface area contributed by atoms with Gasteiger partial charge >= 0.3 is 6.18 Å². The molecule has 0 saturated carbocycles. The molecule has 0 aliphatic carbocycles. The van der Waals surface area contributed by atoms with Gasteiger partial charge in [0.25, 0.3) is 5.91 Å². The Morgan fingerprint density at radius 1 is 1.43 bits per heavy atom. The second kappa shape index (κ2) is 6.92. The van der Waals surface area contributed by atoms with Crippen molar-refractivity contribution >= 4 is 17.5 Å². The molecule has 0 aromatic carbocycles. The minimum Gasteiger partial charge on any atom is -0.378 e. The zero-order valence-electron chi connectivity index (χ0n) is 12.0. The number of hydrogen-bond donors (Lipinski definition) is 2. The minimum absolute atomic E-state index is 0.0104. The molecule has 23 heavy (non-hydrogen) atoms. The molecule has 0 spiro atoms. The van der Waals surface area contributed by atoms with Gasteiger partial charge < -0.3 is 15.8 Å². The summed E-state index contributed by atoms with van der Waals surface area (Å²) in [6.07, 6.45) is -3.20. The van der Waals surface area contributed by atoms with E-state index in [0.717, 1.165) is 4.90 Å². The number of nitrogens with one attached hydrogen (secondary N) is 1.